The first kappa shape index (κ1) is 17.9. The molecule has 2 amide bonds. The van der Waals surface area contributed by atoms with E-state index in [0.717, 1.165) is 5.56 Å². The second-order valence-corrected chi connectivity index (χ2v) is 8.30. The molecule has 8 heteroatoms. The van der Waals surface area contributed by atoms with Crippen molar-refractivity contribution in [1.82, 2.24) is 14.8 Å². The number of halogens is 1. The first-order valence-electron chi connectivity index (χ1n) is 8.90. The summed E-state index contributed by atoms with van der Waals surface area (Å²) in [5.41, 5.74) is 7.16. The molecule has 2 aromatic rings. The van der Waals surface area contributed by atoms with Crippen molar-refractivity contribution < 1.29 is 14.0 Å². The maximum atomic E-state index is 13.8. The number of hydrogen-bond donors (Lipinski definition) is 1. The summed E-state index contributed by atoms with van der Waals surface area (Å²) >= 11 is 1.20. The lowest BCUT2D eigenvalue weighted by Gasteiger charge is -2.29. The second kappa shape index (κ2) is 6.60. The van der Waals surface area contributed by atoms with Gasteiger partial charge in [-0.2, -0.15) is 0 Å². The highest BCUT2D eigenvalue weighted by molar-refractivity contribution is 7.17. The van der Waals surface area contributed by atoms with E-state index in [4.69, 9.17) is 5.73 Å². The first-order chi connectivity index (χ1) is 12.8. The molecule has 0 unspecified atom stereocenters. The van der Waals surface area contributed by atoms with Crippen molar-refractivity contribution in [3.8, 4) is 0 Å². The van der Waals surface area contributed by atoms with Crippen LogP contribution in [0.3, 0.4) is 0 Å². The molecule has 3 atom stereocenters. The zero-order valence-corrected chi connectivity index (χ0v) is 16.0. The second-order valence-electron chi connectivity index (χ2n) is 7.27. The molecule has 0 spiro atoms. The van der Waals surface area contributed by atoms with Gasteiger partial charge in [0.2, 0.25) is 5.91 Å². The maximum Gasteiger partial charge on any atom is 0.265 e. The lowest BCUT2D eigenvalue weighted by Crippen LogP contribution is -2.36. The number of amides is 2. The van der Waals surface area contributed by atoms with Crippen molar-refractivity contribution in [2.24, 2.45) is 11.8 Å². The highest BCUT2D eigenvalue weighted by Gasteiger charge is 2.49. The van der Waals surface area contributed by atoms with Crippen LogP contribution in [0.2, 0.25) is 0 Å². The fourth-order valence-electron chi connectivity index (χ4n) is 4.41. The molecule has 27 heavy (non-hydrogen) atoms. The summed E-state index contributed by atoms with van der Waals surface area (Å²) in [6.45, 7) is 5.01. The SMILES string of the molecule is CC(=O)N1C[C@H]2CN(C(=O)c3sc(N)nc3C)C[C@H]2[C@H]1c1cccc(F)c1. The number of benzene rings is 1. The molecule has 0 aliphatic carbocycles. The Hall–Kier alpha value is -2.48. The minimum Gasteiger partial charge on any atom is -0.375 e. The molecule has 6 nitrogen and oxygen atoms in total. The molecule has 3 heterocycles. The molecule has 4 rings (SSSR count). The minimum absolute atomic E-state index is 0.0254. The average molecular weight is 388 g/mol. The maximum absolute atomic E-state index is 13.8. The molecule has 0 radical (unpaired) electrons. The van der Waals surface area contributed by atoms with Crippen LogP contribution in [0, 0.1) is 24.6 Å². The first-order valence-corrected chi connectivity index (χ1v) is 9.71. The average Bonchev–Trinajstić information content (AvgIpc) is 3.25. The molecule has 2 fully saturated rings. The van der Waals surface area contributed by atoms with Gasteiger partial charge in [-0.15, -0.1) is 0 Å². The summed E-state index contributed by atoms with van der Waals surface area (Å²) in [6.07, 6.45) is 0. The van der Waals surface area contributed by atoms with E-state index in [1.807, 2.05) is 15.9 Å². The summed E-state index contributed by atoms with van der Waals surface area (Å²) in [6, 6.07) is 6.19. The third-order valence-corrected chi connectivity index (χ3v) is 6.53. The Kier molecular flexibility index (Phi) is 4.38. The van der Waals surface area contributed by atoms with E-state index in [9.17, 15) is 14.0 Å². The molecular weight excluding hydrogens is 367 g/mol. The molecule has 2 saturated heterocycles. The number of likely N-dealkylation sites (tertiary alicyclic amines) is 2. The Morgan fingerprint density at radius 3 is 2.70 bits per heavy atom. The van der Waals surface area contributed by atoms with Gasteiger partial charge in [-0.1, -0.05) is 23.5 Å². The summed E-state index contributed by atoms with van der Waals surface area (Å²) < 4.78 is 13.8. The Morgan fingerprint density at radius 1 is 1.30 bits per heavy atom. The van der Waals surface area contributed by atoms with Gasteiger partial charge in [0.05, 0.1) is 11.7 Å². The number of anilines is 1. The van der Waals surface area contributed by atoms with Gasteiger partial charge in [0.15, 0.2) is 5.13 Å². The van der Waals surface area contributed by atoms with E-state index < -0.39 is 0 Å². The van der Waals surface area contributed by atoms with Crippen LogP contribution in [-0.4, -0.2) is 46.2 Å². The number of rotatable bonds is 2. The standard InChI is InChI=1S/C19H21FN4O2S/c1-10-17(27-19(21)22-10)18(26)23-7-13-8-24(11(2)25)16(15(13)9-23)12-4-3-5-14(20)6-12/h3-6,13,15-16H,7-9H2,1-2H3,(H2,21,22)/t13-,15-,16-/m1/s1. The number of carbonyl (C=O) groups excluding carboxylic acids is 2. The van der Waals surface area contributed by atoms with Gasteiger partial charge >= 0.3 is 0 Å². The predicted octanol–water partition coefficient (Wildman–Crippen LogP) is 2.46. The van der Waals surface area contributed by atoms with Crippen molar-refractivity contribution in [2.75, 3.05) is 25.4 Å². The summed E-state index contributed by atoms with van der Waals surface area (Å²) in [5, 5.41) is 0.385. The highest BCUT2D eigenvalue weighted by Crippen LogP contribution is 2.45. The fraction of sp³-hybridized carbons (Fsp3) is 0.421. The third-order valence-electron chi connectivity index (χ3n) is 5.55. The van der Waals surface area contributed by atoms with Crippen LogP contribution in [-0.2, 0) is 4.79 Å². The van der Waals surface area contributed by atoms with Crippen molar-refractivity contribution in [1.29, 1.82) is 0 Å². The van der Waals surface area contributed by atoms with Gasteiger partial charge in [-0.05, 0) is 24.6 Å². The Balaban J connectivity index is 1.61. The van der Waals surface area contributed by atoms with Gasteiger partial charge in [0.25, 0.3) is 5.91 Å². The molecule has 0 saturated carbocycles. The quantitative estimate of drug-likeness (QED) is 0.857. The highest BCUT2D eigenvalue weighted by atomic mass is 32.1. The monoisotopic (exact) mass is 388 g/mol. The van der Waals surface area contributed by atoms with Crippen molar-refractivity contribution in [2.45, 2.75) is 19.9 Å². The number of hydrogen-bond acceptors (Lipinski definition) is 5. The van der Waals surface area contributed by atoms with E-state index in [2.05, 4.69) is 4.98 Å². The zero-order chi connectivity index (χ0) is 19.3. The zero-order valence-electron chi connectivity index (χ0n) is 15.2. The third kappa shape index (κ3) is 3.07. The van der Waals surface area contributed by atoms with E-state index >= 15 is 0 Å². The molecule has 142 valence electrons. The van der Waals surface area contributed by atoms with Gasteiger partial charge in [-0.25, -0.2) is 9.37 Å². The minimum atomic E-state index is -0.318. The van der Waals surface area contributed by atoms with E-state index in [-0.39, 0.29) is 35.5 Å². The molecule has 1 aromatic heterocycles. The van der Waals surface area contributed by atoms with Crippen LogP contribution in [0.15, 0.2) is 24.3 Å². The van der Waals surface area contributed by atoms with E-state index in [1.165, 1.54) is 23.5 Å². The number of carbonyl (C=O) groups is 2. The van der Waals surface area contributed by atoms with Crippen molar-refractivity contribution in [3.05, 3.63) is 46.2 Å². The van der Waals surface area contributed by atoms with Gasteiger partial charge in [0, 0.05) is 38.4 Å². The van der Waals surface area contributed by atoms with Gasteiger partial charge < -0.3 is 15.5 Å². The van der Waals surface area contributed by atoms with Crippen LogP contribution < -0.4 is 5.73 Å². The Labute approximate surface area is 160 Å². The number of fused-ring (bicyclic) bond motifs is 1. The number of nitrogen functional groups attached to an aromatic ring is 1. The van der Waals surface area contributed by atoms with Gasteiger partial charge in [-0.3, -0.25) is 9.59 Å². The Morgan fingerprint density at radius 2 is 2.07 bits per heavy atom. The summed E-state index contributed by atoms with van der Waals surface area (Å²) in [5.74, 6) is -0.144. The topological polar surface area (TPSA) is 79.5 Å². The van der Waals surface area contributed by atoms with Crippen molar-refractivity contribution in [3.63, 3.8) is 0 Å². The Bertz CT molecular complexity index is 915. The van der Waals surface area contributed by atoms with Crippen molar-refractivity contribution >= 4 is 28.3 Å². The molecule has 2 N–H and O–H groups in total. The van der Waals surface area contributed by atoms with Crippen LogP contribution in [0.1, 0.15) is 33.9 Å². The number of aromatic nitrogens is 1. The van der Waals surface area contributed by atoms with Crippen LogP contribution in [0.4, 0.5) is 9.52 Å². The van der Waals surface area contributed by atoms with Gasteiger partial charge in [0.1, 0.15) is 10.7 Å². The lowest BCUT2D eigenvalue weighted by atomic mass is 9.89. The molecular formula is C19H21FN4O2S. The van der Waals surface area contributed by atoms with E-state index in [1.54, 1.807) is 19.9 Å². The number of thiazole rings is 1. The summed E-state index contributed by atoms with van der Waals surface area (Å²) in [4.78, 5) is 33.4. The van der Waals surface area contributed by atoms with Crippen LogP contribution in [0.5, 0.6) is 0 Å². The van der Waals surface area contributed by atoms with Crippen LogP contribution in [0.25, 0.3) is 0 Å². The van der Waals surface area contributed by atoms with E-state index in [0.29, 0.717) is 35.3 Å². The molecule has 2 aliphatic rings. The number of nitrogens with zero attached hydrogens (tertiary/aromatic N) is 3. The predicted molar refractivity (Wildman–Crippen MR) is 101 cm³/mol. The molecule has 1 aromatic carbocycles. The normalized spacial score (nSPS) is 24.3. The smallest absolute Gasteiger partial charge is 0.265 e. The molecule has 2 aliphatic heterocycles. The van der Waals surface area contributed by atoms with Crippen LogP contribution >= 0.6 is 11.3 Å². The fourth-order valence-corrected chi connectivity index (χ4v) is 5.21. The lowest BCUT2D eigenvalue weighted by molar-refractivity contribution is -0.130. The molecule has 0 bridgehead atoms. The number of nitrogens with two attached hydrogens (primary N) is 1. The number of aryl methyl sites for hydroxylation is 1. The summed E-state index contributed by atoms with van der Waals surface area (Å²) in [7, 11) is 0. The largest absolute Gasteiger partial charge is 0.375 e.